The SMILES string of the molecule is CCOc1cc(C=O)ccc1OCC1Cc2ccccc21. The van der Waals surface area contributed by atoms with Crippen molar-refractivity contribution in [3.8, 4) is 11.5 Å². The van der Waals surface area contributed by atoms with Gasteiger partial charge in [-0.1, -0.05) is 24.3 Å². The van der Waals surface area contributed by atoms with Gasteiger partial charge in [0.1, 0.15) is 6.29 Å². The van der Waals surface area contributed by atoms with Crippen molar-refractivity contribution in [2.75, 3.05) is 13.2 Å². The number of hydrogen-bond donors (Lipinski definition) is 0. The van der Waals surface area contributed by atoms with Crippen molar-refractivity contribution in [2.45, 2.75) is 19.3 Å². The van der Waals surface area contributed by atoms with E-state index in [1.165, 1.54) is 11.1 Å². The average Bonchev–Trinajstić information content (AvgIpc) is 2.49. The second kappa shape index (κ2) is 6.00. The van der Waals surface area contributed by atoms with E-state index >= 15 is 0 Å². The van der Waals surface area contributed by atoms with Crippen LogP contribution < -0.4 is 9.47 Å². The molecule has 1 aliphatic rings. The lowest BCUT2D eigenvalue weighted by molar-refractivity contribution is 0.112. The normalized spacial score (nSPS) is 15.8. The third kappa shape index (κ3) is 2.77. The Morgan fingerprint density at radius 3 is 2.76 bits per heavy atom. The first-order valence-corrected chi connectivity index (χ1v) is 7.24. The van der Waals surface area contributed by atoms with Crippen molar-refractivity contribution in [1.82, 2.24) is 0 Å². The summed E-state index contributed by atoms with van der Waals surface area (Å²) >= 11 is 0. The van der Waals surface area contributed by atoms with Crippen molar-refractivity contribution in [3.63, 3.8) is 0 Å². The van der Waals surface area contributed by atoms with E-state index < -0.39 is 0 Å². The lowest BCUT2D eigenvalue weighted by atomic mass is 9.78. The smallest absolute Gasteiger partial charge is 0.161 e. The number of aldehydes is 1. The van der Waals surface area contributed by atoms with Gasteiger partial charge in [-0.2, -0.15) is 0 Å². The number of ether oxygens (including phenoxy) is 2. The fraction of sp³-hybridized carbons (Fsp3) is 0.278. The quantitative estimate of drug-likeness (QED) is 0.759. The monoisotopic (exact) mass is 282 g/mol. The predicted octanol–water partition coefficient (Wildman–Crippen LogP) is 3.62. The molecule has 0 fully saturated rings. The van der Waals surface area contributed by atoms with E-state index in [-0.39, 0.29) is 0 Å². The van der Waals surface area contributed by atoms with Crippen LogP contribution in [0.5, 0.6) is 11.5 Å². The standard InChI is InChI=1S/C18H18O3/c1-2-20-18-9-13(11-19)7-8-17(18)21-12-15-10-14-5-3-4-6-16(14)15/h3-9,11,15H,2,10,12H2,1H3. The Hall–Kier alpha value is -2.29. The van der Waals surface area contributed by atoms with E-state index in [1.54, 1.807) is 18.2 Å². The summed E-state index contributed by atoms with van der Waals surface area (Å²) in [5, 5.41) is 0. The minimum atomic E-state index is 0.446. The van der Waals surface area contributed by atoms with Crippen LogP contribution >= 0.6 is 0 Å². The highest BCUT2D eigenvalue weighted by Gasteiger charge is 2.26. The minimum absolute atomic E-state index is 0.446. The van der Waals surface area contributed by atoms with Gasteiger partial charge in [-0.05, 0) is 42.7 Å². The van der Waals surface area contributed by atoms with Crippen LogP contribution in [0.4, 0.5) is 0 Å². The highest BCUT2D eigenvalue weighted by Crippen LogP contribution is 2.36. The Morgan fingerprint density at radius 1 is 1.14 bits per heavy atom. The molecule has 0 saturated heterocycles. The lowest BCUT2D eigenvalue weighted by Crippen LogP contribution is -2.23. The maximum atomic E-state index is 10.8. The molecular formula is C18H18O3. The second-order valence-corrected chi connectivity index (χ2v) is 5.17. The molecule has 0 aliphatic heterocycles. The van der Waals surface area contributed by atoms with Crippen LogP contribution in [0, 0.1) is 0 Å². The molecule has 3 nitrogen and oxygen atoms in total. The topological polar surface area (TPSA) is 35.5 Å². The van der Waals surface area contributed by atoms with E-state index in [0.29, 0.717) is 36.2 Å². The Kier molecular flexibility index (Phi) is 3.91. The maximum Gasteiger partial charge on any atom is 0.161 e. The summed E-state index contributed by atoms with van der Waals surface area (Å²) in [6.45, 7) is 3.10. The zero-order valence-electron chi connectivity index (χ0n) is 12.0. The molecule has 0 radical (unpaired) electrons. The van der Waals surface area contributed by atoms with E-state index in [4.69, 9.17) is 9.47 Å². The molecule has 0 aromatic heterocycles. The highest BCUT2D eigenvalue weighted by atomic mass is 16.5. The van der Waals surface area contributed by atoms with Gasteiger partial charge in [0, 0.05) is 11.5 Å². The largest absolute Gasteiger partial charge is 0.490 e. The number of rotatable bonds is 6. The van der Waals surface area contributed by atoms with Gasteiger partial charge >= 0.3 is 0 Å². The summed E-state index contributed by atoms with van der Waals surface area (Å²) in [7, 11) is 0. The number of fused-ring (bicyclic) bond motifs is 1. The fourth-order valence-corrected chi connectivity index (χ4v) is 2.69. The Balaban J connectivity index is 1.70. The zero-order valence-corrected chi connectivity index (χ0v) is 12.0. The molecule has 21 heavy (non-hydrogen) atoms. The van der Waals surface area contributed by atoms with Crippen LogP contribution in [0.15, 0.2) is 42.5 Å². The van der Waals surface area contributed by atoms with Gasteiger partial charge in [0.15, 0.2) is 11.5 Å². The molecule has 0 amide bonds. The van der Waals surface area contributed by atoms with Gasteiger partial charge in [0.05, 0.1) is 13.2 Å². The van der Waals surface area contributed by atoms with Gasteiger partial charge in [-0.15, -0.1) is 0 Å². The lowest BCUT2D eigenvalue weighted by Gasteiger charge is -2.30. The van der Waals surface area contributed by atoms with Crippen molar-refractivity contribution in [3.05, 3.63) is 59.2 Å². The molecule has 2 aromatic carbocycles. The Morgan fingerprint density at radius 2 is 2.00 bits per heavy atom. The van der Waals surface area contributed by atoms with Crippen molar-refractivity contribution in [1.29, 1.82) is 0 Å². The van der Waals surface area contributed by atoms with E-state index in [2.05, 4.69) is 24.3 Å². The first-order chi connectivity index (χ1) is 10.3. The third-order valence-electron chi connectivity index (χ3n) is 3.80. The fourth-order valence-electron chi connectivity index (χ4n) is 2.69. The highest BCUT2D eigenvalue weighted by molar-refractivity contribution is 5.76. The van der Waals surface area contributed by atoms with Gasteiger partial charge in [-0.25, -0.2) is 0 Å². The third-order valence-corrected chi connectivity index (χ3v) is 3.80. The summed E-state index contributed by atoms with van der Waals surface area (Å²) in [5.41, 5.74) is 3.38. The van der Waals surface area contributed by atoms with Crippen LogP contribution in [0.3, 0.4) is 0 Å². The molecule has 1 aliphatic carbocycles. The van der Waals surface area contributed by atoms with Crippen LogP contribution in [0.2, 0.25) is 0 Å². The van der Waals surface area contributed by atoms with Crippen LogP contribution in [-0.2, 0) is 6.42 Å². The van der Waals surface area contributed by atoms with Gasteiger partial charge in [0.25, 0.3) is 0 Å². The summed E-state index contributed by atoms with van der Waals surface area (Å²) in [6, 6.07) is 13.7. The van der Waals surface area contributed by atoms with Gasteiger partial charge < -0.3 is 9.47 Å². The summed E-state index contributed by atoms with van der Waals surface area (Å²) in [4.78, 5) is 10.8. The molecule has 1 atom stereocenters. The molecule has 108 valence electrons. The maximum absolute atomic E-state index is 10.8. The van der Waals surface area contributed by atoms with E-state index in [0.717, 1.165) is 12.7 Å². The minimum Gasteiger partial charge on any atom is -0.490 e. The summed E-state index contributed by atoms with van der Waals surface area (Å²) in [6.07, 6.45) is 1.88. The zero-order chi connectivity index (χ0) is 14.7. The number of carbonyl (C=O) groups is 1. The van der Waals surface area contributed by atoms with E-state index in [9.17, 15) is 4.79 Å². The molecule has 1 unspecified atom stereocenters. The molecule has 0 N–H and O–H groups in total. The number of carbonyl (C=O) groups excluding carboxylic acids is 1. The Bertz CT molecular complexity index is 649. The number of benzene rings is 2. The van der Waals surface area contributed by atoms with Crippen molar-refractivity contribution >= 4 is 6.29 Å². The molecule has 3 heteroatoms. The summed E-state index contributed by atoms with van der Waals surface area (Å²) < 4.78 is 11.5. The molecule has 2 aromatic rings. The van der Waals surface area contributed by atoms with Crippen molar-refractivity contribution < 1.29 is 14.3 Å². The van der Waals surface area contributed by atoms with Crippen LogP contribution in [0.25, 0.3) is 0 Å². The molecule has 3 rings (SSSR count). The first kappa shape index (κ1) is 13.7. The Labute approximate surface area is 124 Å². The second-order valence-electron chi connectivity index (χ2n) is 5.17. The molecule has 0 saturated carbocycles. The van der Waals surface area contributed by atoms with E-state index in [1.807, 2.05) is 6.92 Å². The number of hydrogen-bond acceptors (Lipinski definition) is 3. The average molecular weight is 282 g/mol. The first-order valence-electron chi connectivity index (χ1n) is 7.24. The van der Waals surface area contributed by atoms with Gasteiger partial charge in [-0.3, -0.25) is 4.79 Å². The summed E-state index contributed by atoms with van der Waals surface area (Å²) in [5.74, 6) is 1.78. The van der Waals surface area contributed by atoms with Crippen molar-refractivity contribution in [2.24, 2.45) is 0 Å². The van der Waals surface area contributed by atoms with Crippen LogP contribution in [0.1, 0.15) is 34.3 Å². The predicted molar refractivity (Wildman–Crippen MR) is 81.4 cm³/mol. The molecule has 0 bridgehead atoms. The van der Waals surface area contributed by atoms with Crippen LogP contribution in [-0.4, -0.2) is 19.5 Å². The molecule has 0 spiro atoms. The molecular weight excluding hydrogens is 264 g/mol. The van der Waals surface area contributed by atoms with Gasteiger partial charge in [0.2, 0.25) is 0 Å². The molecule has 0 heterocycles.